The van der Waals surface area contributed by atoms with Crippen molar-refractivity contribution in [1.29, 1.82) is 0 Å². The zero-order valence-corrected chi connectivity index (χ0v) is 18.0. The topological polar surface area (TPSA) is 56.8 Å². The Hall–Kier alpha value is -2.37. The summed E-state index contributed by atoms with van der Waals surface area (Å²) >= 11 is 0. The van der Waals surface area contributed by atoms with Gasteiger partial charge in [-0.1, -0.05) is 36.4 Å². The van der Waals surface area contributed by atoms with Crippen LogP contribution < -0.4 is 14.8 Å². The Bertz CT molecular complexity index is 1020. The summed E-state index contributed by atoms with van der Waals surface area (Å²) in [6.07, 6.45) is 4.51. The predicted molar refractivity (Wildman–Crippen MR) is 117 cm³/mol. The highest BCUT2D eigenvalue weighted by Crippen LogP contribution is 2.64. The van der Waals surface area contributed by atoms with E-state index in [0.717, 1.165) is 50.1 Å². The van der Waals surface area contributed by atoms with Gasteiger partial charge >= 0.3 is 0 Å². The van der Waals surface area contributed by atoms with Gasteiger partial charge in [-0.2, -0.15) is 0 Å². The van der Waals surface area contributed by atoms with Crippen LogP contribution in [0.2, 0.25) is 0 Å². The molecule has 0 aromatic heterocycles. The molecule has 5 nitrogen and oxygen atoms in total. The second-order valence-electron chi connectivity index (χ2n) is 9.35. The number of hydrogen-bond acceptors (Lipinski definition) is 5. The molecule has 2 fully saturated rings. The minimum absolute atomic E-state index is 0.198. The molecule has 0 radical (unpaired) electrons. The van der Waals surface area contributed by atoms with Crippen LogP contribution in [-0.2, 0) is 27.8 Å². The molecule has 31 heavy (non-hydrogen) atoms. The Balaban J connectivity index is 1.38. The van der Waals surface area contributed by atoms with Crippen LogP contribution in [0.4, 0.5) is 0 Å². The van der Waals surface area contributed by atoms with Crippen molar-refractivity contribution in [2.75, 3.05) is 20.3 Å². The highest BCUT2D eigenvalue weighted by Gasteiger charge is 2.73. The van der Waals surface area contributed by atoms with E-state index in [0.29, 0.717) is 13.0 Å². The van der Waals surface area contributed by atoms with Crippen molar-refractivity contribution in [3.05, 3.63) is 59.2 Å². The number of carbonyl (C=O) groups excluding carboxylic acids is 1. The number of ether oxygens (including phenoxy) is 3. The summed E-state index contributed by atoms with van der Waals surface area (Å²) in [5.41, 5.74) is 2.97. The third kappa shape index (κ3) is 2.53. The van der Waals surface area contributed by atoms with Gasteiger partial charge in [0, 0.05) is 24.6 Å². The molecule has 0 amide bonds. The van der Waals surface area contributed by atoms with Gasteiger partial charge in [0.15, 0.2) is 23.4 Å². The Morgan fingerprint density at radius 3 is 2.87 bits per heavy atom. The number of ketones is 1. The first kappa shape index (κ1) is 19.3. The van der Waals surface area contributed by atoms with E-state index in [1.807, 2.05) is 6.07 Å². The van der Waals surface area contributed by atoms with E-state index < -0.39 is 17.1 Å². The third-order valence-electron chi connectivity index (χ3n) is 8.06. The fourth-order valence-corrected chi connectivity index (χ4v) is 6.82. The fourth-order valence-electron chi connectivity index (χ4n) is 6.82. The van der Waals surface area contributed by atoms with E-state index in [4.69, 9.17) is 14.2 Å². The molecule has 1 spiro atoms. The molecule has 2 bridgehead atoms. The Labute approximate surface area is 183 Å². The first-order valence-corrected chi connectivity index (χ1v) is 11.5. The SMILES string of the molecule is COc1ccc2c3c1O[C@H]1C(=O)CC[C@@]4(OCCCc5ccccc5)[C@@H](C2)NCC[C@]314. The number of methoxy groups -OCH3 is 1. The second-order valence-corrected chi connectivity index (χ2v) is 9.35. The van der Waals surface area contributed by atoms with E-state index in [1.54, 1.807) is 7.11 Å². The van der Waals surface area contributed by atoms with Gasteiger partial charge in [-0.15, -0.1) is 0 Å². The number of benzene rings is 2. The largest absolute Gasteiger partial charge is 0.493 e. The van der Waals surface area contributed by atoms with Crippen LogP contribution in [0, 0.1) is 0 Å². The number of hydrogen-bond donors (Lipinski definition) is 1. The quantitative estimate of drug-likeness (QED) is 0.728. The van der Waals surface area contributed by atoms with Crippen LogP contribution >= 0.6 is 0 Å². The third-order valence-corrected chi connectivity index (χ3v) is 8.06. The van der Waals surface area contributed by atoms with Gasteiger partial charge in [-0.25, -0.2) is 0 Å². The van der Waals surface area contributed by atoms with E-state index in [9.17, 15) is 4.79 Å². The van der Waals surface area contributed by atoms with Crippen LogP contribution in [0.3, 0.4) is 0 Å². The number of aryl methyl sites for hydroxylation is 1. The molecule has 2 aromatic carbocycles. The van der Waals surface area contributed by atoms with Gasteiger partial charge in [0.25, 0.3) is 0 Å². The normalized spacial score (nSPS) is 32.4. The zero-order chi connectivity index (χ0) is 21.1. The van der Waals surface area contributed by atoms with Gasteiger partial charge in [-0.3, -0.25) is 4.79 Å². The molecule has 0 unspecified atom stereocenters. The Kier molecular flexibility index (Phi) is 4.41. The maximum Gasteiger partial charge on any atom is 0.174 e. The van der Waals surface area contributed by atoms with Crippen molar-refractivity contribution in [3.63, 3.8) is 0 Å². The van der Waals surface area contributed by atoms with Gasteiger partial charge in [-0.05, 0) is 55.8 Å². The first-order valence-electron chi connectivity index (χ1n) is 11.5. The number of carbonyl (C=O) groups is 1. The summed E-state index contributed by atoms with van der Waals surface area (Å²) in [6.45, 7) is 1.56. The average molecular weight is 420 g/mol. The summed E-state index contributed by atoms with van der Waals surface area (Å²) in [6, 6.07) is 14.9. The van der Waals surface area contributed by atoms with Crippen molar-refractivity contribution in [2.45, 2.75) is 61.7 Å². The predicted octanol–water partition coefficient (Wildman–Crippen LogP) is 3.36. The van der Waals surface area contributed by atoms with Crippen molar-refractivity contribution in [3.8, 4) is 11.5 Å². The summed E-state index contributed by atoms with van der Waals surface area (Å²) in [4.78, 5) is 13.1. The summed E-state index contributed by atoms with van der Waals surface area (Å²) < 4.78 is 19.0. The van der Waals surface area contributed by atoms with Crippen molar-refractivity contribution in [1.82, 2.24) is 5.32 Å². The standard InChI is InChI=1S/C26H29NO4/c1-29-20-10-9-18-16-21-26(30-15-5-8-17-6-3-2-4-7-17)12-11-19(28)24-25(26,13-14-27-21)22(18)23(20)31-24/h2-4,6-7,9-10,21,24,27H,5,8,11-16H2,1H3/t21-,24+,25+,26-/m1/s1. The van der Waals surface area contributed by atoms with Gasteiger partial charge in [0.1, 0.15) is 0 Å². The summed E-state index contributed by atoms with van der Waals surface area (Å²) in [5.74, 6) is 1.71. The van der Waals surface area contributed by atoms with Crippen LogP contribution in [0.15, 0.2) is 42.5 Å². The molecule has 2 aliphatic carbocycles. The van der Waals surface area contributed by atoms with Crippen LogP contribution in [0.5, 0.6) is 11.5 Å². The lowest BCUT2D eigenvalue weighted by Gasteiger charge is -2.61. The average Bonchev–Trinajstić information content (AvgIpc) is 3.14. The van der Waals surface area contributed by atoms with E-state index in [-0.39, 0.29) is 11.8 Å². The molecular formula is C26H29NO4. The molecule has 2 heterocycles. The minimum atomic E-state index is -0.467. The lowest BCUT2D eigenvalue weighted by atomic mass is 9.49. The molecule has 5 heteroatoms. The number of Topliss-reactive ketones (excluding diaryl/α,β-unsaturated/α-hetero) is 1. The fraction of sp³-hybridized carbons (Fsp3) is 0.500. The van der Waals surface area contributed by atoms with Gasteiger partial charge in [0.2, 0.25) is 0 Å². The molecule has 1 saturated heterocycles. The molecule has 2 aromatic rings. The van der Waals surface area contributed by atoms with Crippen molar-refractivity contribution >= 4 is 5.78 Å². The first-order chi connectivity index (χ1) is 15.2. The number of rotatable bonds is 6. The maximum absolute atomic E-state index is 13.1. The lowest BCUT2D eigenvalue weighted by molar-refractivity contribution is -0.189. The van der Waals surface area contributed by atoms with Crippen LogP contribution in [0.1, 0.15) is 42.4 Å². The van der Waals surface area contributed by atoms with Gasteiger partial charge in [0.05, 0.1) is 18.1 Å². The Morgan fingerprint density at radius 1 is 1.16 bits per heavy atom. The molecule has 1 N–H and O–H groups in total. The number of piperidine rings is 1. The molecule has 162 valence electrons. The number of nitrogens with one attached hydrogen (secondary N) is 1. The lowest BCUT2D eigenvalue weighted by Crippen LogP contribution is -2.77. The maximum atomic E-state index is 13.1. The molecule has 1 saturated carbocycles. The molecule has 6 rings (SSSR count). The summed E-state index contributed by atoms with van der Waals surface area (Å²) in [5, 5.41) is 3.75. The molecule has 4 atom stereocenters. The van der Waals surface area contributed by atoms with Crippen molar-refractivity contribution < 1.29 is 19.0 Å². The minimum Gasteiger partial charge on any atom is -0.493 e. The second kappa shape index (κ2) is 7.07. The Morgan fingerprint density at radius 2 is 2.03 bits per heavy atom. The van der Waals surface area contributed by atoms with Crippen LogP contribution in [-0.4, -0.2) is 43.8 Å². The van der Waals surface area contributed by atoms with Crippen molar-refractivity contribution in [2.24, 2.45) is 0 Å². The van der Waals surface area contributed by atoms with E-state index in [1.165, 1.54) is 16.7 Å². The van der Waals surface area contributed by atoms with E-state index in [2.05, 4.69) is 41.7 Å². The van der Waals surface area contributed by atoms with Crippen LogP contribution in [0.25, 0.3) is 0 Å². The van der Waals surface area contributed by atoms with Gasteiger partial charge < -0.3 is 19.5 Å². The summed E-state index contributed by atoms with van der Waals surface area (Å²) in [7, 11) is 1.67. The van der Waals surface area contributed by atoms with E-state index >= 15 is 0 Å². The smallest absolute Gasteiger partial charge is 0.174 e. The monoisotopic (exact) mass is 419 g/mol. The highest BCUT2D eigenvalue weighted by molar-refractivity contribution is 5.90. The molecular weight excluding hydrogens is 390 g/mol. The molecule has 4 aliphatic rings. The zero-order valence-electron chi connectivity index (χ0n) is 18.0. The highest BCUT2D eigenvalue weighted by atomic mass is 16.5. The molecule has 2 aliphatic heterocycles.